The first-order valence-electron chi connectivity index (χ1n) is 9.35. The molecule has 29 heavy (non-hydrogen) atoms. The lowest BCUT2D eigenvalue weighted by Crippen LogP contribution is -2.35. The van der Waals surface area contributed by atoms with Crippen molar-refractivity contribution in [2.24, 2.45) is 5.73 Å². The zero-order valence-electron chi connectivity index (χ0n) is 16.5. The van der Waals surface area contributed by atoms with E-state index in [9.17, 15) is 9.59 Å². The molecule has 1 fully saturated rings. The maximum atomic E-state index is 12.6. The van der Waals surface area contributed by atoms with Crippen LogP contribution in [0.2, 0.25) is 0 Å². The third-order valence-corrected chi connectivity index (χ3v) is 5.22. The second-order valence-corrected chi connectivity index (χ2v) is 7.44. The van der Waals surface area contributed by atoms with Crippen molar-refractivity contribution in [3.8, 4) is 22.5 Å². The van der Waals surface area contributed by atoms with E-state index < -0.39 is 17.5 Å². The number of rotatable bonds is 5. The molecule has 0 aliphatic heterocycles. The van der Waals surface area contributed by atoms with Gasteiger partial charge in [-0.1, -0.05) is 23.4 Å². The quantitative estimate of drug-likeness (QED) is 0.667. The first-order valence-corrected chi connectivity index (χ1v) is 9.35. The summed E-state index contributed by atoms with van der Waals surface area (Å²) in [5.41, 5.74) is 9.38. The van der Waals surface area contributed by atoms with Crippen molar-refractivity contribution < 1.29 is 18.8 Å². The first kappa shape index (κ1) is 18.9. The molecule has 0 bridgehead atoms. The van der Waals surface area contributed by atoms with Gasteiger partial charge in [-0.05, 0) is 54.3 Å². The van der Waals surface area contributed by atoms with Gasteiger partial charge >= 0.3 is 5.97 Å². The molecule has 1 heterocycles. The second kappa shape index (κ2) is 6.84. The average Bonchev–Trinajstić information content (AvgIpc) is 3.34. The van der Waals surface area contributed by atoms with Crippen LogP contribution < -0.4 is 5.73 Å². The molecule has 0 radical (unpaired) electrons. The predicted molar refractivity (Wildman–Crippen MR) is 106 cm³/mol. The van der Waals surface area contributed by atoms with Crippen molar-refractivity contribution in [1.82, 2.24) is 10.1 Å². The Kier molecular flexibility index (Phi) is 4.45. The van der Waals surface area contributed by atoms with Crippen LogP contribution in [0.5, 0.6) is 0 Å². The van der Waals surface area contributed by atoms with Gasteiger partial charge in [0.1, 0.15) is 0 Å². The monoisotopic (exact) mass is 391 g/mol. The summed E-state index contributed by atoms with van der Waals surface area (Å²) in [5, 5.41) is 3.95. The number of nitrogens with zero attached hydrogens (tertiary/aromatic N) is 2. The molecule has 0 atom stereocenters. The van der Waals surface area contributed by atoms with Gasteiger partial charge in [0.25, 0.3) is 5.91 Å². The Hall–Kier alpha value is -3.48. The Morgan fingerprint density at radius 1 is 1.03 bits per heavy atom. The molecule has 2 aromatic carbocycles. The van der Waals surface area contributed by atoms with Crippen LogP contribution in [0.3, 0.4) is 0 Å². The van der Waals surface area contributed by atoms with Crippen LogP contribution in [0.4, 0.5) is 0 Å². The number of carbonyl (C=O) groups is 2. The molecule has 3 aromatic rings. The molecular weight excluding hydrogens is 370 g/mol. The lowest BCUT2D eigenvalue weighted by atomic mass is 9.93. The highest BCUT2D eigenvalue weighted by atomic mass is 16.6. The van der Waals surface area contributed by atoms with E-state index >= 15 is 0 Å². The number of hydrogen-bond donors (Lipinski definition) is 1. The second-order valence-electron chi connectivity index (χ2n) is 7.44. The van der Waals surface area contributed by atoms with E-state index in [1.54, 1.807) is 19.1 Å². The minimum absolute atomic E-state index is 0.385. The smallest absolute Gasteiger partial charge is 0.339 e. The van der Waals surface area contributed by atoms with E-state index in [1.807, 2.05) is 38.1 Å². The Balaban J connectivity index is 1.66. The maximum absolute atomic E-state index is 12.6. The molecule has 7 nitrogen and oxygen atoms in total. The summed E-state index contributed by atoms with van der Waals surface area (Å²) in [6.07, 6.45) is 0.950. The molecule has 4 rings (SSSR count). The molecule has 1 aliphatic carbocycles. The summed E-state index contributed by atoms with van der Waals surface area (Å²) in [6.45, 7) is 5.71. The number of hydrogen-bond acceptors (Lipinski definition) is 6. The SMILES string of the molecule is Cc1nc(-c2ccc(-c3cc(C(=O)OC4(C(N)=O)CC4)ccc3C)c(C)c2)no1. The van der Waals surface area contributed by atoms with Crippen molar-refractivity contribution >= 4 is 11.9 Å². The van der Waals surface area contributed by atoms with Crippen molar-refractivity contribution in [3.05, 3.63) is 59.0 Å². The van der Waals surface area contributed by atoms with E-state index in [2.05, 4.69) is 10.1 Å². The van der Waals surface area contributed by atoms with Gasteiger partial charge in [0, 0.05) is 25.3 Å². The Bertz CT molecular complexity index is 1130. The number of aryl methyl sites for hydroxylation is 3. The van der Waals surface area contributed by atoms with E-state index in [-0.39, 0.29) is 0 Å². The molecule has 0 saturated heterocycles. The molecule has 2 N–H and O–H groups in total. The zero-order valence-corrected chi connectivity index (χ0v) is 16.5. The van der Waals surface area contributed by atoms with Gasteiger partial charge in [0.05, 0.1) is 5.56 Å². The highest BCUT2D eigenvalue weighted by molar-refractivity contribution is 5.96. The normalized spacial score (nSPS) is 14.4. The molecule has 148 valence electrons. The number of esters is 1. The number of aromatic nitrogens is 2. The van der Waals surface area contributed by atoms with Gasteiger partial charge in [0.15, 0.2) is 5.60 Å². The number of nitrogens with two attached hydrogens (primary N) is 1. The van der Waals surface area contributed by atoms with Crippen LogP contribution in [0, 0.1) is 20.8 Å². The summed E-state index contributed by atoms with van der Waals surface area (Å²) in [6, 6.07) is 11.2. The van der Waals surface area contributed by atoms with Crippen LogP contribution in [-0.2, 0) is 9.53 Å². The number of benzene rings is 2. The van der Waals surface area contributed by atoms with E-state index in [0.717, 1.165) is 27.8 Å². The number of amides is 1. The maximum Gasteiger partial charge on any atom is 0.339 e. The van der Waals surface area contributed by atoms with E-state index in [4.69, 9.17) is 15.0 Å². The van der Waals surface area contributed by atoms with Gasteiger partial charge in [-0.2, -0.15) is 4.98 Å². The number of carbonyl (C=O) groups excluding carboxylic acids is 2. The molecule has 0 spiro atoms. The summed E-state index contributed by atoms with van der Waals surface area (Å²) in [5.74, 6) is -0.0963. The summed E-state index contributed by atoms with van der Waals surface area (Å²) >= 11 is 0. The van der Waals surface area contributed by atoms with Gasteiger partial charge in [-0.3, -0.25) is 4.79 Å². The highest BCUT2D eigenvalue weighted by Gasteiger charge is 2.53. The van der Waals surface area contributed by atoms with E-state index in [0.29, 0.717) is 30.1 Å². The third-order valence-electron chi connectivity index (χ3n) is 5.22. The number of primary amides is 1. The molecule has 0 unspecified atom stereocenters. The molecule has 7 heteroatoms. The minimum atomic E-state index is -1.14. The van der Waals surface area contributed by atoms with Crippen LogP contribution >= 0.6 is 0 Å². The van der Waals surface area contributed by atoms with Crippen molar-refractivity contribution in [3.63, 3.8) is 0 Å². The van der Waals surface area contributed by atoms with Crippen molar-refractivity contribution in [2.45, 2.75) is 39.2 Å². The third kappa shape index (κ3) is 3.51. The fourth-order valence-corrected chi connectivity index (χ4v) is 3.31. The van der Waals surface area contributed by atoms with E-state index in [1.165, 1.54) is 0 Å². The topological polar surface area (TPSA) is 108 Å². The van der Waals surface area contributed by atoms with Crippen molar-refractivity contribution in [2.75, 3.05) is 0 Å². The summed E-state index contributed by atoms with van der Waals surface area (Å²) in [4.78, 5) is 28.3. The van der Waals surface area contributed by atoms with Gasteiger partial charge in [-0.15, -0.1) is 0 Å². The van der Waals surface area contributed by atoms with Gasteiger partial charge < -0.3 is 15.0 Å². The Labute approximate surface area is 167 Å². The van der Waals surface area contributed by atoms with Gasteiger partial charge in [0.2, 0.25) is 11.7 Å². The minimum Gasteiger partial charge on any atom is -0.445 e. The Morgan fingerprint density at radius 3 is 2.38 bits per heavy atom. The summed E-state index contributed by atoms with van der Waals surface area (Å²) in [7, 11) is 0. The Morgan fingerprint density at radius 2 is 1.79 bits per heavy atom. The molecule has 1 aliphatic rings. The number of ether oxygens (including phenoxy) is 1. The summed E-state index contributed by atoms with van der Waals surface area (Å²) < 4.78 is 10.4. The predicted octanol–water partition coefficient (Wildman–Crippen LogP) is 3.50. The lowest BCUT2D eigenvalue weighted by Gasteiger charge is -2.15. The molecule has 1 saturated carbocycles. The van der Waals surface area contributed by atoms with Crippen LogP contribution in [0.1, 0.15) is 40.2 Å². The fraction of sp³-hybridized carbons (Fsp3) is 0.273. The average molecular weight is 391 g/mol. The van der Waals surface area contributed by atoms with Crippen LogP contribution in [0.15, 0.2) is 40.9 Å². The molecule has 1 amide bonds. The molecular formula is C22H21N3O4. The highest BCUT2D eigenvalue weighted by Crippen LogP contribution is 2.40. The fourth-order valence-electron chi connectivity index (χ4n) is 3.31. The van der Waals surface area contributed by atoms with Crippen LogP contribution in [-0.4, -0.2) is 27.6 Å². The molecule has 1 aromatic heterocycles. The van der Waals surface area contributed by atoms with Crippen molar-refractivity contribution in [1.29, 1.82) is 0 Å². The largest absolute Gasteiger partial charge is 0.445 e. The lowest BCUT2D eigenvalue weighted by molar-refractivity contribution is -0.128. The van der Waals surface area contributed by atoms with Crippen LogP contribution in [0.25, 0.3) is 22.5 Å². The zero-order chi connectivity index (χ0) is 20.8. The first-order chi connectivity index (χ1) is 13.8. The standard InChI is InChI=1S/C22H21N3O4/c1-12-4-5-16(20(26)28-22(8-9-22)21(23)27)11-18(12)17-7-6-15(10-13(17)2)19-24-14(3)29-25-19/h4-7,10-11H,8-9H2,1-3H3,(H2,23,27). The van der Waals surface area contributed by atoms with Gasteiger partial charge in [-0.25, -0.2) is 4.79 Å².